The SMILES string of the molecule is CC(C)CN(CCC#N)C(=O)C1C2CCC(C2)C1N. The van der Waals surface area contributed by atoms with Gasteiger partial charge >= 0.3 is 0 Å². The number of nitrogens with two attached hydrogens (primary N) is 1. The Morgan fingerprint density at radius 1 is 1.42 bits per heavy atom. The Hall–Kier alpha value is -1.08. The number of rotatable bonds is 5. The lowest BCUT2D eigenvalue weighted by molar-refractivity contribution is -0.138. The fourth-order valence-electron chi connectivity index (χ4n) is 3.83. The molecule has 0 aliphatic heterocycles. The highest BCUT2D eigenvalue weighted by molar-refractivity contribution is 5.80. The Kier molecular flexibility index (Phi) is 4.46. The van der Waals surface area contributed by atoms with Crippen molar-refractivity contribution in [1.82, 2.24) is 4.90 Å². The second kappa shape index (κ2) is 5.92. The van der Waals surface area contributed by atoms with Gasteiger partial charge in [0.25, 0.3) is 0 Å². The number of fused-ring (bicyclic) bond motifs is 2. The van der Waals surface area contributed by atoms with E-state index in [-0.39, 0.29) is 17.9 Å². The summed E-state index contributed by atoms with van der Waals surface area (Å²) in [6, 6.07) is 2.18. The van der Waals surface area contributed by atoms with Gasteiger partial charge < -0.3 is 10.6 Å². The van der Waals surface area contributed by atoms with E-state index in [4.69, 9.17) is 11.0 Å². The lowest BCUT2D eigenvalue weighted by atomic mass is 9.84. The fraction of sp³-hybridized carbons (Fsp3) is 0.867. The van der Waals surface area contributed by atoms with E-state index in [9.17, 15) is 4.79 Å². The summed E-state index contributed by atoms with van der Waals surface area (Å²) in [5.74, 6) is 1.68. The molecule has 2 bridgehead atoms. The first kappa shape index (κ1) is 14.3. The van der Waals surface area contributed by atoms with E-state index >= 15 is 0 Å². The van der Waals surface area contributed by atoms with Gasteiger partial charge in [-0.1, -0.05) is 13.8 Å². The van der Waals surface area contributed by atoms with E-state index in [0.717, 1.165) is 19.4 Å². The standard InChI is InChI=1S/C15H25N3O/c1-10(2)9-18(7-3-6-16)15(19)13-11-4-5-12(8-11)14(13)17/h10-14H,3-5,7-9,17H2,1-2H3. The van der Waals surface area contributed by atoms with Crippen molar-refractivity contribution in [2.45, 2.75) is 45.6 Å². The van der Waals surface area contributed by atoms with Crippen molar-refractivity contribution in [3.05, 3.63) is 0 Å². The van der Waals surface area contributed by atoms with E-state index < -0.39 is 0 Å². The monoisotopic (exact) mass is 263 g/mol. The number of nitrogens with zero attached hydrogens (tertiary/aromatic N) is 2. The Labute approximate surface area is 115 Å². The van der Waals surface area contributed by atoms with E-state index in [1.165, 1.54) is 6.42 Å². The maximum Gasteiger partial charge on any atom is 0.227 e. The fourth-order valence-corrected chi connectivity index (χ4v) is 3.83. The summed E-state index contributed by atoms with van der Waals surface area (Å²) < 4.78 is 0. The average Bonchev–Trinajstić information content (AvgIpc) is 2.93. The quantitative estimate of drug-likeness (QED) is 0.821. The molecule has 0 saturated heterocycles. The number of hydrogen-bond acceptors (Lipinski definition) is 3. The van der Waals surface area contributed by atoms with Crippen molar-refractivity contribution in [1.29, 1.82) is 5.26 Å². The minimum atomic E-state index is 0.0104. The van der Waals surface area contributed by atoms with Crippen LogP contribution >= 0.6 is 0 Å². The van der Waals surface area contributed by atoms with E-state index in [0.29, 0.717) is 30.7 Å². The molecule has 2 rings (SSSR count). The molecule has 2 aliphatic carbocycles. The van der Waals surface area contributed by atoms with Gasteiger partial charge in [0.05, 0.1) is 18.4 Å². The van der Waals surface area contributed by atoms with Gasteiger partial charge in [-0.25, -0.2) is 0 Å². The molecule has 0 radical (unpaired) electrons. The highest BCUT2D eigenvalue weighted by Crippen LogP contribution is 2.48. The molecule has 0 aromatic heterocycles. The van der Waals surface area contributed by atoms with Crippen LogP contribution in [0, 0.1) is 35.0 Å². The zero-order chi connectivity index (χ0) is 14.0. The van der Waals surface area contributed by atoms with Crippen LogP contribution in [-0.2, 0) is 4.79 Å². The van der Waals surface area contributed by atoms with Gasteiger partial charge in [0.1, 0.15) is 0 Å². The largest absolute Gasteiger partial charge is 0.341 e. The molecule has 0 aromatic rings. The lowest BCUT2D eigenvalue weighted by Gasteiger charge is -2.33. The van der Waals surface area contributed by atoms with Crippen LogP contribution in [0.15, 0.2) is 0 Å². The number of carbonyl (C=O) groups is 1. The Morgan fingerprint density at radius 3 is 2.63 bits per heavy atom. The predicted octanol–water partition coefficient (Wildman–Crippen LogP) is 1.76. The van der Waals surface area contributed by atoms with Crippen LogP contribution in [0.2, 0.25) is 0 Å². The number of amides is 1. The number of hydrogen-bond donors (Lipinski definition) is 1. The third kappa shape index (κ3) is 2.92. The van der Waals surface area contributed by atoms with Gasteiger partial charge in [-0.05, 0) is 37.0 Å². The molecule has 2 N–H and O–H groups in total. The first-order valence-electron chi connectivity index (χ1n) is 7.46. The topological polar surface area (TPSA) is 70.1 Å². The molecular weight excluding hydrogens is 238 g/mol. The third-order valence-electron chi connectivity index (χ3n) is 4.66. The van der Waals surface area contributed by atoms with Crippen LogP contribution in [-0.4, -0.2) is 29.9 Å². The summed E-state index contributed by atoms with van der Waals surface area (Å²) in [4.78, 5) is 14.6. The van der Waals surface area contributed by atoms with Crippen LogP contribution in [0.25, 0.3) is 0 Å². The van der Waals surface area contributed by atoms with Crippen molar-refractivity contribution in [3.8, 4) is 6.07 Å². The Morgan fingerprint density at radius 2 is 2.11 bits per heavy atom. The summed E-state index contributed by atoms with van der Waals surface area (Å²) in [7, 11) is 0. The molecule has 1 amide bonds. The van der Waals surface area contributed by atoms with Gasteiger partial charge in [-0.15, -0.1) is 0 Å². The van der Waals surface area contributed by atoms with Crippen molar-refractivity contribution in [2.75, 3.05) is 13.1 Å². The van der Waals surface area contributed by atoms with Crippen molar-refractivity contribution in [2.24, 2.45) is 29.4 Å². The van der Waals surface area contributed by atoms with Crippen LogP contribution in [0.1, 0.15) is 39.5 Å². The molecular formula is C15H25N3O. The normalized spacial score (nSPS) is 32.6. The first-order valence-corrected chi connectivity index (χ1v) is 7.46. The smallest absolute Gasteiger partial charge is 0.227 e. The van der Waals surface area contributed by atoms with Gasteiger partial charge in [0.15, 0.2) is 0 Å². The molecule has 0 spiro atoms. The predicted molar refractivity (Wildman–Crippen MR) is 73.9 cm³/mol. The summed E-state index contributed by atoms with van der Waals surface area (Å²) in [6.45, 7) is 5.50. The molecule has 4 heteroatoms. The maximum atomic E-state index is 12.7. The van der Waals surface area contributed by atoms with Gasteiger partial charge in [0, 0.05) is 19.1 Å². The average molecular weight is 263 g/mol. The lowest BCUT2D eigenvalue weighted by Crippen LogP contribution is -2.48. The third-order valence-corrected chi connectivity index (χ3v) is 4.66. The van der Waals surface area contributed by atoms with E-state index in [2.05, 4.69) is 19.9 Å². The minimum absolute atomic E-state index is 0.0104. The van der Waals surface area contributed by atoms with Crippen molar-refractivity contribution >= 4 is 5.91 Å². The molecule has 4 atom stereocenters. The zero-order valence-electron chi connectivity index (χ0n) is 12.0. The first-order chi connectivity index (χ1) is 9.04. The minimum Gasteiger partial charge on any atom is -0.341 e. The molecule has 0 aromatic carbocycles. The summed E-state index contributed by atoms with van der Waals surface area (Å²) in [5.41, 5.74) is 6.25. The molecule has 106 valence electrons. The van der Waals surface area contributed by atoms with Crippen molar-refractivity contribution in [3.63, 3.8) is 0 Å². The second-order valence-corrected chi connectivity index (χ2v) is 6.52. The molecule has 19 heavy (non-hydrogen) atoms. The van der Waals surface area contributed by atoms with Crippen LogP contribution < -0.4 is 5.73 Å². The van der Waals surface area contributed by atoms with Gasteiger partial charge in [0.2, 0.25) is 5.91 Å². The number of nitriles is 1. The van der Waals surface area contributed by atoms with Gasteiger partial charge in [-0.2, -0.15) is 5.26 Å². The number of carbonyl (C=O) groups excluding carboxylic acids is 1. The van der Waals surface area contributed by atoms with Gasteiger partial charge in [-0.3, -0.25) is 4.79 Å². The molecule has 4 unspecified atom stereocenters. The van der Waals surface area contributed by atoms with E-state index in [1.807, 2.05) is 4.90 Å². The summed E-state index contributed by atoms with van der Waals surface area (Å²) in [6.07, 6.45) is 3.89. The molecule has 2 fully saturated rings. The second-order valence-electron chi connectivity index (χ2n) is 6.52. The summed E-state index contributed by atoms with van der Waals surface area (Å²) in [5, 5.41) is 8.74. The zero-order valence-corrected chi connectivity index (χ0v) is 12.0. The summed E-state index contributed by atoms with van der Waals surface area (Å²) >= 11 is 0. The maximum absolute atomic E-state index is 12.7. The van der Waals surface area contributed by atoms with Crippen LogP contribution in [0.4, 0.5) is 0 Å². The molecule has 0 heterocycles. The molecule has 2 saturated carbocycles. The van der Waals surface area contributed by atoms with Crippen LogP contribution in [0.3, 0.4) is 0 Å². The van der Waals surface area contributed by atoms with Crippen LogP contribution in [0.5, 0.6) is 0 Å². The molecule has 4 nitrogen and oxygen atoms in total. The highest BCUT2D eigenvalue weighted by atomic mass is 16.2. The Bertz CT molecular complexity index is 372. The van der Waals surface area contributed by atoms with E-state index in [1.54, 1.807) is 0 Å². The Balaban J connectivity index is 2.04. The van der Waals surface area contributed by atoms with Crippen molar-refractivity contribution < 1.29 is 4.79 Å². The highest BCUT2D eigenvalue weighted by Gasteiger charge is 2.50. The molecule has 2 aliphatic rings.